The van der Waals surface area contributed by atoms with Crippen LogP contribution in [0.25, 0.3) is 0 Å². The number of benzene rings is 5. The van der Waals surface area contributed by atoms with Crippen LogP contribution >= 0.6 is 0 Å². The zero-order chi connectivity index (χ0) is 37.5. The van der Waals surface area contributed by atoms with Crippen molar-refractivity contribution in [1.82, 2.24) is 0 Å². The molecule has 0 spiro atoms. The highest BCUT2D eigenvalue weighted by atomic mass is 16.7. The van der Waals surface area contributed by atoms with Crippen molar-refractivity contribution < 1.29 is 37.9 Å². The second-order valence-electron chi connectivity index (χ2n) is 14.6. The highest BCUT2D eigenvalue weighted by molar-refractivity contribution is 5.47. The average Bonchev–Trinajstić information content (AvgIpc) is 4.09. The molecular formula is C47H50O8. The van der Waals surface area contributed by atoms with E-state index in [2.05, 4.69) is 66.7 Å². The topological polar surface area (TPSA) is 73.8 Å². The second kappa shape index (κ2) is 17.5. The Hall–Kier alpha value is -4.54. The highest BCUT2D eigenvalue weighted by Gasteiger charge is 2.58. The third kappa shape index (κ3) is 8.65. The van der Waals surface area contributed by atoms with Gasteiger partial charge in [0.15, 0.2) is 11.5 Å². The molecule has 3 aliphatic rings. The van der Waals surface area contributed by atoms with E-state index in [0.29, 0.717) is 45.4 Å². The summed E-state index contributed by atoms with van der Waals surface area (Å²) < 4.78 is 52.3. The first-order valence-corrected chi connectivity index (χ1v) is 19.3. The summed E-state index contributed by atoms with van der Waals surface area (Å²) in [4.78, 5) is 0. The van der Waals surface area contributed by atoms with Crippen LogP contribution in [-0.2, 0) is 60.4 Å². The first-order chi connectivity index (χ1) is 27.1. The van der Waals surface area contributed by atoms with E-state index >= 15 is 0 Å². The molecule has 2 fully saturated rings. The van der Waals surface area contributed by atoms with Gasteiger partial charge in [-0.15, -0.1) is 0 Å². The van der Waals surface area contributed by atoms with Crippen molar-refractivity contribution in [3.63, 3.8) is 0 Å². The molecule has 286 valence electrons. The normalized spacial score (nSPS) is 23.4. The molecule has 8 heteroatoms. The minimum atomic E-state index is -1.38. The highest BCUT2D eigenvalue weighted by Crippen LogP contribution is 2.47. The zero-order valence-corrected chi connectivity index (χ0v) is 31.6. The molecule has 0 aromatic heterocycles. The van der Waals surface area contributed by atoms with Gasteiger partial charge in [-0.1, -0.05) is 109 Å². The molecule has 5 atom stereocenters. The molecule has 8 nitrogen and oxygen atoms in total. The van der Waals surface area contributed by atoms with Crippen LogP contribution in [0, 0.1) is 0 Å². The van der Waals surface area contributed by atoms with Crippen molar-refractivity contribution in [2.75, 3.05) is 34.0 Å². The minimum Gasteiger partial charge on any atom is -0.486 e. The van der Waals surface area contributed by atoms with Gasteiger partial charge >= 0.3 is 0 Å². The second-order valence-corrected chi connectivity index (χ2v) is 14.6. The number of fused-ring (bicyclic) bond motifs is 1. The van der Waals surface area contributed by atoms with Crippen molar-refractivity contribution in [3.8, 4) is 11.5 Å². The zero-order valence-electron chi connectivity index (χ0n) is 31.6. The number of ether oxygens (including phenoxy) is 8. The molecule has 5 aromatic carbocycles. The van der Waals surface area contributed by atoms with Gasteiger partial charge in [0.05, 0.1) is 26.4 Å². The largest absolute Gasteiger partial charge is 0.486 e. The molecular weight excluding hydrogens is 693 g/mol. The van der Waals surface area contributed by atoms with Gasteiger partial charge in [0, 0.05) is 19.8 Å². The lowest BCUT2D eigenvalue weighted by Crippen LogP contribution is -2.66. The molecule has 1 saturated heterocycles. The maximum absolute atomic E-state index is 7.22. The van der Waals surface area contributed by atoms with Crippen LogP contribution in [0.15, 0.2) is 127 Å². The Kier molecular flexibility index (Phi) is 11.9. The molecule has 2 heterocycles. The number of methoxy groups -OCH3 is 2. The lowest BCUT2D eigenvalue weighted by Gasteiger charge is -2.52. The number of rotatable bonds is 16. The van der Waals surface area contributed by atoms with Crippen molar-refractivity contribution in [2.24, 2.45) is 0 Å². The van der Waals surface area contributed by atoms with Crippen LogP contribution in [0.3, 0.4) is 0 Å². The molecule has 0 radical (unpaired) electrons. The maximum atomic E-state index is 7.22. The monoisotopic (exact) mass is 742 g/mol. The van der Waals surface area contributed by atoms with Crippen molar-refractivity contribution in [1.29, 1.82) is 0 Å². The van der Waals surface area contributed by atoms with Crippen molar-refractivity contribution in [2.45, 2.75) is 75.2 Å². The van der Waals surface area contributed by atoms with E-state index in [4.69, 9.17) is 37.9 Å². The predicted octanol–water partition coefficient (Wildman–Crippen LogP) is 8.53. The van der Waals surface area contributed by atoms with E-state index in [1.54, 1.807) is 14.2 Å². The first kappa shape index (κ1) is 37.4. The standard InChI is InChI=1S/C47H50O8/c1-48-32-43-44(52-29-33-12-6-3-7-13-33)45(53-30-34-14-8-4-9-15-34)46(54-31-35-16-10-5-11-17-35)47(49-2,55-43)39-21-22-40(37-19-20-37)38(28-39)26-36-18-23-41-42(27-36)51-25-24-50-41/h3-18,21-23,27-28,37,43-46H,19-20,24-26,29-32H2,1-2H3. The summed E-state index contributed by atoms with van der Waals surface area (Å²) in [5, 5.41) is 0. The summed E-state index contributed by atoms with van der Waals surface area (Å²) in [7, 11) is 3.37. The van der Waals surface area contributed by atoms with E-state index in [-0.39, 0.29) is 6.61 Å². The summed E-state index contributed by atoms with van der Waals surface area (Å²) in [5.74, 6) is 0.716. The molecule has 2 aliphatic heterocycles. The summed E-state index contributed by atoms with van der Waals surface area (Å²) >= 11 is 0. The summed E-state index contributed by atoms with van der Waals surface area (Å²) in [6.45, 7) is 2.38. The molecule has 5 unspecified atom stereocenters. The quantitative estimate of drug-likeness (QED) is 0.0997. The Morgan fingerprint density at radius 2 is 1.20 bits per heavy atom. The SMILES string of the molecule is COCC1OC(OC)(c2ccc(C3CC3)c(Cc3ccc4c(c3)OCCO4)c2)C(OCc2ccccc2)C(OCc2ccccc2)C1OCc1ccccc1. The van der Waals surface area contributed by atoms with Crippen molar-refractivity contribution >= 4 is 0 Å². The van der Waals surface area contributed by atoms with Gasteiger partial charge in [0.25, 0.3) is 0 Å². The van der Waals surface area contributed by atoms with E-state index in [0.717, 1.165) is 39.3 Å². The average molecular weight is 743 g/mol. The van der Waals surface area contributed by atoms with Gasteiger partial charge in [0.2, 0.25) is 5.79 Å². The first-order valence-electron chi connectivity index (χ1n) is 19.3. The van der Waals surface area contributed by atoms with Gasteiger partial charge < -0.3 is 37.9 Å². The van der Waals surface area contributed by atoms with E-state index in [1.165, 1.54) is 24.0 Å². The van der Waals surface area contributed by atoms with Crippen molar-refractivity contribution in [3.05, 3.63) is 166 Å². The number of hydrogen-bond donors (Lipinski definition) is 0. The summed E-state index contributed by atoms with van der Waals surface area (Å²) in [6.07, 6.45) is 0.576. The third-order valence-corrected chi connectivity index (χ3v) is 10.7. The summed E-state index contributed by atoms with van der Waals surface area (Å²) in [5.41, 5.74) is 7.67. The lowest BCUT2D eigenvalue weighted by molar-refractivity contribution is -0.385. The van der Waals surface area contributed by atoms with Crippen LogP contribution in [0.5, 0.6) is 11.5 Å². The molecule has 1 aliphatic carbocycles. The van der Waals surface area contributed by atoms with Crippen LogP contribution in [0.1, 0.15) is 57.7 Å². The Balaban J connectivity index is 1.21. The van der Waals surface area contributed by atoms with Crippen LogP contribution in [0.2, 0.25) is 0 Å². The Morgan fingerprint density at radius 1 is 0.600 bits per heavy atom. The molecule has 5 aromatic rings. The molecule has 0 amide bonds. The Bertz CT molecular complexity index is 1970. The molecule has 55 heavy (non-hydrogen) atoms. The Morgan fingerprint density at radius 3 is 1.80 bits per heavy atom. The maximum Gasteiger partial charge on any atom is 0.225 e. The fourth-order valence-electron chi connectivity index (χ4n) is 7.84. The third-order valence-electron chi connectivity index (χ3n) is 10.7. The van der Waals surface area contributed by atoms with Gasteiger partial charge in [-0.3, -0.25) is 0 Å². The van der Waals surface area contributed by atoms with Gasteiger partial charge in [-0.2, -0.15) is 0 Å². The smallest absolute Gasteiger partial charge is 0.225 e. The fourth-order valence-corrected chi connectivity index (χ4v) is 7.84. The molecule has 1 saturated carbocycles. The number of hydrogen-bond acceptors (Lipinski definition) is 8. The van der Waals surface area contributed by atoms with Crippen LogP contribution in [-0.4, -0.2) is 58.5 Å². The predicted molar refractivity (Wildman–Crippen MR) is 209 cm³/mol. The Labute approximate surface area is 324 Å². The minimum absolute atomic E-state index is 0.255. The van der Waals surface area contributed by atoms with Crippen LogP contribution < -0.4 is 9.47 Å². The van der Waals surface area contributed by atoms with Gasteiger partial charge in [-0.25, -0.2) is 0 Å². The van der Waals surface area contributed by atoms with Crippen LogP contribution in [0.4, 0.5) is 0 Å². The van der Waals surface area contributed by atoms with E-state index in [1.807, 2.05) is 60.7 Å². The lowest BCUT2D eigenvalue weighted by atomic mass is 9.84. The van der Waals surface area contributed by atoms with E-state index < -0.39 is 30.2 Å². The van der Waals surface area contributed by atoms with E-state index in [9.17, 15) is 0 Å². The summed E-state index contributed by atoms with van der Waals surface area (Å²) in [6, 6.07) is 43.4. The van der Waals surface area contributed by atoms with Gasteiger partial charge in [-0.05, 0) is 76.8 Å². The molecule has 0 bridgehead atoms. The fraction of sp³-hybridized carbons (Fsp3) is 0.362. The molecule has 8 rings (SSSR count). The molecule has 0 N–H and O–H groups in total. The van der Waals surface area contributed by atoms with Gasteiger partial charge in [0.1, 0.15) is 37.6 Å².